The van der Waals surface area contributed by atoms with Crippen LogP contribution in [0.2, 0.25) is 0 Å². The second kappa shape index (κ2) is 7.27. The summed E-state index contributed by atoms with van der Waals surface area (Å²) in [7, 11) is 0. The Labute approximate surface area is 140 Å². The SMILES string of the molecule is CCc1cccc(NC(=O)CNC(=O)c2n[nH]c3c2CNCC3)c1. The van der Waals surface area contributed by atoms with Crippen LogP contribution >= 0.6 is 0 Å². The number of aromatic amines is 1. The zero-order valence-corrected chi connectivity index (χ0v) is 13.6. The van der Waals surface area contributed by atoms with Gasteiger partial charge in [0.15, 0.2) is 5.69 Å². The lowest BCUT2D eigenvalue weighted by molar-refractivity contribution is -0.115. The van der Waals surface area contributed by atoms with Gasteiger partial charge in [0.05, 0.1) is 6.54 Å². The van der Waals surface area contributed by atoms with Gasteiger partial charge in [-0.2, -0.15) is 5.10 Å². The predicted molar refractivity (Wildman–Crippen MR) is 90.8 cm³/mol. The monoisotopic (exact) mass is 327 g/mol. The fraction of sp³-hybridized carbons (Fsp3) is 0.353. The minimum atomic E-state index is -0.339. The van der Waals surface area contributed by atoms with E-state index >= 15 is 0 Å². The molecule has 0 aliphatic carbocycles. The molecule has 1 aromatic heterocycles. The Kier molecular flexibility index (Phi) is 4.90. The Morgan fingerprint density at radius 1 is 1.33 bits per heavy atom. The highest BCUT2D eigenvalue weighted by Gasteiger charge is 2.21. The predicted octanol–water partition coefficient (Wildman–Crippen LogP) is 0.986. The summed E-state index contributed by atoms with van der Waals surface area (Å²) >= 11 is 0. The van der Waals surface area contributed by atoms with Gasteiger partial charge in [0, 0.05) is 36.5 Å². The first kappa shape index (κ1) is 16.2. The number of amides is 2. The van der Waals surface area contributed by atoms with Crippen LogP contribution in [0.1, 0.15) is 34.2 Å². The van der Waals surface area contributed by atoms with E-state index in [0.717, 1.165) is 41.9 Å². The minimum Gasteiger partial charge on any atom is -0.342 e. The lowest BCUT2D eigenvalue weighted by Gasteiger charge is -2.13. The lowest BCUT2D eigenvalue weighted by Crippen LogP contribution is -2.34. The summed E-state index contributed by atoms with van der Waals surface area (Å²) in [6.45, 7) is 3.45. The molecule has 7 nitrogen and oxygen atoms in total. The smallest absolute Gasteiger partial charge is 0.272 e. The molecule has 0 atom stereocenters. The molecular weight excluding hydrogens is 306 g/mol. The van der Waals surface area contributed by atoms with Crippen LogP contribution in [0.25, 0.3) is 0 Å². The van der Waals surface area contributed by atoms with Crippen molar-refractivity contribution in [3.05, 3.63) is 46.8 Å². The maximum Gasteiger partial charge on any atom is 0.272 e. The number of hydrogen-bond acceptors (Lipinski definition) is 4. The Hall–Kier alpha value is -2.67. The van der Waals surface area contributed by atoms with Gasteiger partial charge in [0.1, 0.15) is 0 Å². The van der Waals surface area contributed by atoms with Crippen molar-refractivity contribution in [3.63, 3.8) is 0 Å². The van der Waals surface area contributed by atoms with Crippen LogP contribution in [-0.2, 0) is 24.2 Å². The van der Waals surface area contributed by atoms with E-state index in [1.165, 1.54) is 0 Å². The van der Waals surface area contributed by atoms with E-state index in [0.29, 0.717) is 12.2 Å². The largest absolute Gasteiger partial charge is 0.342 e. The third-order valence-electron chi connectivity index (χ3n) is 4.05. The Balaban J connectivity index is 1.56. The Morgan fingerprint density at radius 2 is 2.21 bits per heavy atom. The molecule has 2 aromatic rings. The molecule has 0 bridgehead atoms. The first-order valence-electron chi connectivity index (χ1n) is 8.11. The summed E-state index contributed by atoms with van der Waals surface area (Å²) in [6.07, 6.45) is 1.72. The number of carbonyl (C=O) groups excluding carboxylic acids is 2. The van der Waals surface area contributed by atoms with Crippen LogP contribution in [0, 0.1) is 0 Å². The molecule has 0 saturated carbocycles. The third-order valence-corrected chi connectivity index (χ3v) is 4.05. The zero-order chi connectivity index (χ0) is 16.9. The molecule has 2 amide bonds. The second-order valence-electron chi connectivity index (χ2n) is 5.74. The second-order valence-corrected chi connectivity index (χ2v) is 5.74. The van der Waals surface area contributed by atoms with Crippen molar-refractivity contribution in [2.24, 2.45) is 0 Å². The van der Waals surface area contributed by atoms with Gasteiger partial charge < -0.3 is 16.0 Å². The number of hydrogen-bond donors (Lipinski definition) is 4. The number of fused-ring (bicyclic) bond motifs is 1. The number of aromatic nitrogens is 2. The zero-order valence-electron chi connectivity index (χ0n) is 13.6. The molecule has 7 heteroatoms. The molecule has 126 valence electrons. The number of aryl methyl sites for hydroxylation is 1. The standard InChI is InChI=1S/C17H21N5O2/c1-2-11-4-3-5-12(8-11)20-15(23)10-19-17(24)16-13-9-18-7-6-14(13)21-22-16/h3-5,8,18H,2,6-7,9-10H2,1H3,(H,19,24)(H,20,23)(H,21,22). The number of benzene rings is 1. The number of rotatable bonds is 5. The number of carbonyl (C=O) groups is 2. The van der Waals surface area contributed by atoms with E-state index in [9.17, 15) is 9.59 Å². The quantitative estimate of drug-likeness (QED) is 0.658. The number of nitrogens with zero attached hydrogens (tertiary/aromatic N) is 1. The van der Waals surface area contributed by atoms with E-state index < -0.39 is 0 Å². The van der Waals surface area contributed by atoms with Gasteiger partial charge in [-0.25, -0.2) is 0 Å². The van der Waals surface area contributed by atoms with Crippen molar-refractivity contribution >= 4 is 17.5 Å². The topological polar surface area (TPSA) is 98.9 Å². The molecule has 0 unspecified atom stereocenters. The fourth-order valence-electron chi connectivity index (χ4n) is 2.73. The molecule has 24 heavy (non-hydrogen) atoms. The molecule has 3 rings (SSSR count). The number of anilines is 1. The maximum atomic E-state index is 12.2. The Morgan fingerprint density at radius 3 is 3.04 bits per heavy atom. The summed E-state index contributed by atoms with van der Waals surface area (Å²) in [5.74, 6) is -0.604. The fourth-order valence-corrected chi connectivity index (χ4v) is 2.73. The normalized spacial score (nSPS) is 13.2. The number of nitrogens with one attached hydrogen (secondary N) is 4. The third kappa shape index (κ3) is 3.62. The van der Waals surface area contributed by atoms with Crippen LogP contribution in [0.15, 0.2) is 24.3 Å². The summed E-state index contributed by atoms with van der Waals surface area (Å²) in [5.41, 5.74) is 4.11. The summed E-state index contributed by atoms with van der Waals surface area (Å²) in [5, 5.41) is 15.6. The number of H-pyrrole nitrogens is 1. The van der Waals surface area contributed by atoms with Gasteiger partial charge in [0.25, 0.3) is 5.91 Å². The van der Waals surface area contributed by atoms with Gasteiger partial charge in [-0.3, -0.25) is 14.7 Å². The van der Waals surface area contributed by atoms with E-state index in [2.05, 4.69) is 33.1 Å². The van der Waals surface area contributed by atoms with E-state index in [4.69, 9.17) is 0 Å². The molecule has 2 heterocycles. The van der Waals surface area contributed by atoms with Crippen LogP contribution in [0.4, 0.5) is 5.69 Å². The van der Waals surface area contributed by atoms with Crippen molar-refractivity contribution in [2.45, 2.75) is 26.3 Å². The van der Waals surface area contributed by atoms with Crippen LogP contribution in [0.5, 0.6) is 0 Å². The van der Waals surface area contributed by atoms with Gasteiger partial charge in [-0.1, -0.05) is 19.1 Å². The van der Waals surface area contributed by atoms with Crippen molar-refractivity contribution < 1.29 is 9.59 Å². The van der Waals surface area contributed by atoms with Crippen LogP contribution in [-0.4, -0.2) is 35.1 Å². The Bertz CT molecular complexity index is 753. The summed E-state index contributed by atoms with van der Waals surface area (Å²) in [4.78, 5) is 24.2. The van der Waals surface area contributed by atoms with Gasteiger partial charge in [-0.15, -0.1) is 0 Å². The van der Waals surface area contributed by atoms with Crippen molar-refractivity contribution in [1.82, 2.24) is 20.8 Å². The molecular formula is C17H21N5O2. The summed E-state index contributed by atoms with van der Waals surface area (Å²) < 4.78 is 0. The average Bonchev–Trinajstić information content (AvgIpc) is 3.04. The molecule has 0 saturated heterocycles. The lowest BCUT2D eigenvalue weighted by atomic mass is 10.1. The average molecular weight is 327 g/mol. The van der Waals surface area contributed by atoms with Gasteiger partial charge in [-0.05, 0) is 24.1 Å². The van der Waals surface area contributed by atoms with Crippen molar-refractivity contribution in [2.75, 3.05) is 18.4 Å². The maximum absolute atomic E-state index is 12.2. The van der Waals surface area contributed by atoms with Crippen LogP contribution < -0.4 is 16.0 Å². The molecule has 0 fully saturated rings. The first-order valence-corrected chi connectivity index (χ1v) is 8.11. The highest BCUT2D eigenvalue weighted by Crippen LogP contribution is 2.15. The molecule has 1 aliphatic heterocycles. The minimum absolute atomic E-state index is 0.0930. The molecule has 1 aliphatic rings. The van der Waals surface area contributed by atoms with Gasteiger partial charge >= 0.3 is 0 Å². The highest BCUT2D eigenvalue weighted by molar-refractivity contribution is 5.99. The van der Waals surface area contributed by atoms with Crippen molar-refractivity contribution in [3.8, 4) is 0 Å². The van der Waals surface area contributed by atoms with Gasteiger partial charge in [0.2, 0.25) is 5.91 Å². The van der Waals surface area contributed by atoms with E-state index in [-0.39, 0.29) is 18.4 Å². The molecule has 1 aromatic carbocycles. The first-order chi connectivity index (χ1) is 11.7. The molecule has 0 spiro atoms. The van der Waals surface area contributed by atoms with E-state index in [1.54, 1.807) is 0 Å². The van der Waals surface area contributed by atoms with E-state index in [1.807, 2.05) is 24.3 Å². The summed E-state index contributed by atoms with van der Waals surface area (Å²) in [6, 6.07) is 7.66. The molecule has 0 radical (unpaired) electrons. The van der Waals surface area contributed by atoms with Crippen molar-refractivity contribution in [1.29, 1.82) is 0 Å². The molecule has 4 N–H and O–H groups in total. The highest BCUT2D eigenvalue weighted by atomic mass is 16.2. The van der Waals surface area contributed by atoms with Crippen LogP contribution in [0.3, 0.4) is 0 Å².